The van der Waals surface area contributed by atoms with Gasteiger partial charge in [0.25, 0.3) is 0 Å². The molecule has 0 saturated carbocycles. The Morgan fingerprint density at radius 3 is 2.62 bits per heavy atom. The van der Waals surface area contributed by atoms with Gasteiger partial charge in [0.1, 0.15) is 5.60 Å². The number of hydrogen-bond donors (Lipinski definition) is 0. The molecule has 0 aromatic rings. The van der Waals surface area contributed by atoms with Gasteiger partial charge in [0.2, 0.25) is 0 Å². The summed E-state index contributed by atoms with van der Waals surface area (Å²) >= 11 is 0. The van der Waals surface area contributed by atoms with Gasteiger partial charge >= 0.3 is 0 Å². The lowest BCUT2D eigenvalue weighted by Crippen LogP contribution is -2.47. The van der Waals surface area contributed by atoms with Gasteiger partial charge in [0, 0.05) is 6.42 Å². The van der Waals surface area contributed by atoms with Crippen molar-refractivity contribution in [3.8, 4) is 0 Å². The summed E-state index contributed by atoms with van der Waals surface area (Å²) in [7, 11) is 0. The molecule has 0 radical (unpaired) electrons. The number of rotatable bonds is 1. The first kappa shape index (κ1) is 9.20. The van der Waals surface area contributed by atoms with E-state index in [2.05, 4.69) is 13.8 Å². The molecular weight excluding hydrogens is 164 g/mol. The van der Waals surface area contributed by atoms with Crippen LogP contribution in [-0.4, -0.2) is 17.0 Å². The molecule has 0 N–H and O–H groups in total. The van der Waals surface area contributed by atoms with E-state index in [0.717, 1.165) is 19.3 Å². The number of hydrogen-bond acceptors (Lipinski definition) is 2. The van der Waals surface area contributed by atoms with Gasteiger partial charge in [-0.3, -0.25) is 4.79 Å². The number of carbonyl (C=O) groups is 1. The first-order valence-electron chi connectivity index (χ1n) is 5.22. The van der Waals surface area contributed by atoms with Crippen molar-refractivity contribution in [2.75, 3.05) is 0 Å². The molecule has 74 valence electrons. The summed E-state index contributed by atoms with van der Waals surface area (Å²) < 4.78 is 6.00. The van der Waals surface area contributed by atoms with Crippen LogP contribution in [0.2, 0.25) is 0 Å². The molecule has 0 aromatic carbocycles. The van der Waals surface area contributed by atoms with Gasteiger partial charge in [0.05, 0.1) is 5.60 Å². The molecule has 2 saturated heterocycles. The summed E-state index contributed by atoms with van der Waals surface area (Å²) in [5.41, 5.74) is -0.425. The van der Waals surface area contributed by atoms with Gasteiger partial charge in [-0.2, -0.15) is 0 Å². The summed E-state index contributed by atoms with van der Waals surface area (Å²) in [6.07, 6.45) is 3.63. The standard InChI is InChI=1S/C11H18O2/c1-8(2)11-5-4-9(12)10(3,13-11)6-7-11/h8H,4-7H2,1-3H3/t10-,11-/m1/s1. The van der Waals surface area contributed by atoms with Crippen molar-refractivity contribution in [2.45, 2.75) is 57.7 Å². The lowest BCUT2D eigenvalue weighted by atomic mass is 9.83. The fourth-order valence-corrected chi connectivity index (χ4v) is 2.66. The minimum Gasteiger partial charge on any atom is -0.361 e. The van der Waals surface area contributed by atoms with Crippen LogP contribution < -0.4 is 0 Å². The van der Waals surface area contributed by atoms with Crippen molar-refractivity contribution in [3.05, 3.63) is 0 Å². The number of Topliss-reactive ketones (excluding diaryl/α,β-unsaturated/α-hetero) is 1. The molecule has 2 heterocycles. The molecule has 2 rings (SSSR count). The van der Waals surface area contributed by atoms with E-state index in [0.29, 0.717) is 18.1 Å². The Labute approximate surface area is 79.7 Å². The van der Waals surface area contributed by atoms with Crippen LogP contribution in [0, 0.1) is 5.92 Å². The predicted molar refractivity (Wildman–Crippen MR) is 50.5 cm³/mol. The Bertz CT molecular complexity index is 246. The van der Waals surface area contributed by atoms with Crippen molar-refractivity contribution in [1.29, 1.82) is 0 Å². The van der Waals surface area contributed by atoms with Gasteiger partial charge in [0.15, 0.2) is 5.78 Å². The maximum atomic E-state index is 11.6. The lowest BCUT2D eigenvalue weighted by Gasteiger charge is -2.40. The van der Waals surface area contributed by atoms with E-state index >= 15 is 0 Å². The molecule has 0 amide bonds. The highest BCUT2D eigenvalue weighted by Gasteiger charge is 2.55. The van der Waals surface area contributed by atoms with Gasteiger partial charge < -0.3 is 4.74 Å². The topological polar surface area (TPSA) is 26.3 Å². The van der Waals surface area contributed by atoms with Gasteiger partial charge in [-0.15, -0.1) is 0 Å². The van der Waals surface area contributed by atoms with E-state index in [9.17, 15) is 4.79 Å². The van der Waals surface area contributed by atoms with Crippen LogP contribution in [0.15, 0.2) is 0 Å². The van der Waals surface area contributed by atoms with Crippen LogP contribution in [0.5, 0.6) is 0 Å². The van der Waals surface area contributed by atoms with E-state index in [1.807, 2.05) is 6.92 Å². The summed E-state index contributed by atoms with van der Waals surface area (Å²) in [6.45, 7) is 6.35. The third-order valence-corrected chi connectivity index (χ3v) is 3.87. The van der Waals surface area contributed by atoms with Crippen molar-refractivity contribution >= 4 is 5.78 Å². The summed E-state index contributed by atoms with van der Waals surface area (Å²) in [6, 6.07) is 0. The Kier molecular flexibility index (Phi) is 1.82. The smallest absolute Gasteiger partial charge is 0.164 e. The molecule has 0 spiro atoms. The van der Waals surface area contributed by atoms with E-state index < -0.39 is 5.60 Å². The lowest BCUT2D eigenvalue weighted by molar-refractivity contribution is -0.172. The predicted octanol–water partition coefficient (Wildman–Crippen LogP) is 2.31. The third kappa shape index (κ3) is 1.15. The van der Waals surface area contributed by atoms with Crippen LogP contribution in [0.3, 0.4) is 0 Å². The fraction of sp³-hybridized carbons (Fsp3) is 0.909. The Morgan fingerprint density at radius 1 is 1.31 bits per heavy atom. The van der Waals surface area contributed by atoms with Crippen molar-refractivity contribution in [1.82, 2.24) is 0 Å². The second kappa shape index (κ2) is 2.57. The van der Waals surface area contributed by atoms with Gasteiger partial charge in [-0.25, -0.2) is 0 Å². The van der Waals surface area contributed by atoms with Crippen molar-refractivity contribution in [2.24, 2.45) is 5.92 Å². The molecule has 2 aliphatic rings. The number of carbonyl (C=O) groups excluding carboxylic acids is 1. The van der Waals surface area contributed by atoms with Crippen molar-refractivity contribution in [3.63, 3.8) is 0 Å². The molecule has 0 unspecified atom stereocenters. The number of ketones is 1. The van der Waals surface area contributed by atoms with Crippen LogP contribution in [-0.2, 0) is 9.53 Å². The maximum Gasteiger partial charge on any atom is 0.164 e. The average molecular weight is 182 g/mol. The number of ether oxygens (including phenoxy) is 1. The zero-order chi connectivity index (χ0) is 9.69. The zero-order valence-electron chi connectivity index (χ0n) is 8.72. The molecule has 2 fully saturated rings. The normalized spacial score (nSPS) is 44.5. The SMILES string of the molecule is CC(C)[C@@]12CCC(=O)[C@@](C)(CC1)O2. The molecular formula is C11H18O2. The minimum absolute atomic E-state index is 0.0165. The number of fused-ring (bicyclic) bond motifs is 2. The summed E-state index contributed by atoms with van der Waals surface area (Å²) in [4.78, 5) is 11.6. The van der Waals surface area contributed by atoms with Crippen LogP contribution >= 0.6 is 0 Å². The largest absolute Gasteiger partial charge is 0.361 e. The highest BCUT2D eigenvalue weighted by molar-refractivity contribution is 5.88. The minimum atomic E-state index is -0.442. The Morgan fingerprint density at radius 2 is 2.00 bits per heavy atom. The Balaban J connectivity index is 2.27. The first-order chi connectivity index (χ1) is 5.99. The molecule has 2 nitrogen and oxygen atoms in total. The van der Waals surface area contributed by atoms with Crippen LogP contribution in [0.4, 0.5) is 0 Å². The highest BCUT2D eigenvalue weighted by Crippen LogP contribution is 2.49. The molecule has 13 heavy (non-hydrogen) atoms. The average Bonchev–Trinajstić information content (AvgIpc) is 2.36. The first-order valence-corrected chi connectivity index (χ1v) is 5.22. The Hall–Kier alpha value is -0.370. The third-order valence-electron chi connectivity index (χ3n) is 3.87. The van der Waals surface area contributed by atoms with E-state index in [4.69, 9.17) is 4.74 Å². The zero-order valence-corrected chi connectivity index (χ0v) is 8.72. The van der Waals surface area contributed by atoms with E-state index in [-0.39, 0.29) is 5.60 Å². The quantitative estimate of drug-likeness (QED) is 0.622. The van der Waals surface area contributed by atoms with Crippen LogP contribution in [0.25, 0.3) is 0 Å². The molecule has 2 atom stereocenters. The molecule has 0 aromatic heterocycles. The van der Waals surface area contributed by atoms with E-state index in [1.165, 1.54) is 0 Å². The molecule has 2 bridgehead atoms. The molecule has 2 heteroatoms. The second-order valence-corrected chi connectivity index (χ2v) is 4.98. The van der Waals surface area contributed by atoms with Crippen molar-refractivity contribution < 1.29 is 9.53 Å². The monoisotopic (exact) mass is 182 g/mol. The highest BCUT2D eigenvalue weighted by atomic mass is 16.5. The van der Waals surface area contributed by atoms with Gasteiger partial charge in [-0.1, -0.05) is 13.8 Å². The summed E-state index contributed by atoms with van der Waals surface area (Å²) in [5.74, 6) is 0.837. The maximum absolute atomic E-state index is 11.6. The molecule has 2 aliphatic heterocycles. The fourth-order valence-electron chi connectivity index (χ4n) is 2.66. The van der Waals surface area contributed by atoms with Gasteiger partial charge in [-0.05, 0) is 32.1 Å². The molecule has 0 aliphatic carbocycles. The van der Waals surface area contributed by atoms with Crippen LogP contribution in [0.1, 0.15) is 46.5 Å². The second-order valence-electron chi connectivity index (χ2n) is 4.98. The van der Waals surface area contributed by atoms with E-state index in [1.54, 1.807) is 0 Å². The summed E-state index contributed by atoms with van der Waals surface area (Å²) in [5, 5.41) is 0.